The highest BCUT2D eigenvalue weighted by molar-refractivity contribution is 5.82. The van der Waals surface area contributed by atoms with Crippen molar-refractivity contribution in [3.63, 3.8) is 0 Å². The van der Waals surface area contributed by atoms with Gasteiger partial charge in [-0.1, -0.05) is 31.5 Å². The SMILES string of the molecule is CCC1CNCCC1CCC(O)c1ccnc2ccccc12. The number of benzene rings is 1. The number of fused-ring (bicyclic) bond motifs is 1. The van der Waals surface area contributed by atoms with E-state index in [2.05, 4.69) is 23.3 Å². The molecule has 3 heteroatoms. The van der Waals surface area contributed by atoms with Gasteiger partial charge in [-0.05, 0) is 61.9 Å². The van der Waals surface area contributed by atoms with Gasteiger partial charge in [0.05, 0.1) is 11.6 Å². The molecule has 0 spiro atoms. The molecule has 0 bridgehead atoms. The molecule has 3 unspecified atom stereocenters. The molecule has 2 aromatic rings. The Morgan fingerprint density at radius 2 is 2.14 bits per heavy atom. The summed E-state index contributed by atoms with van der Waals surface area (Å²) in [6, 6.07) is 10.0. The summed E-state index contributed by atoms with van der Waals surface area (Å²) in [5.74, 6) is 1.50. The van der Waals surface area contributed by atoms with Crippen LogP contribution in [0.15, 0.2) is 36.5 Å². The number of aliphatic hydroxyl groups excluding tert-OH is 1. The van der Waals surface area contributed by atoms with Crippen LogP contribution in [-0.2, 0) is 0 Å². The second kappa shape index (κ2) is 7.21. The van der Waals surface area contributed by atoms with Crippen LogP contribution >= 0.6 is 0 Å². The van der Waals surface area contributed by atoms with E-state index in [0.29, 0.717) is 0 Å². The maximum absolute atomic E-state index is 10.7. The second-order valence-corrected chi connectivity index (χ2v) is 6.43. The molecule has 1 saturated heterocycles. The summed E-state index contributed by atoms with van der Waals surface area (Å²) in [5.41, 5.74) is 1.99. The number of hydrogen-bond donors (Lipinski definition) is 2. The van der Waals surface area contributed by atoms with Gasteiger partial charge in [-0.3, -0.25) is 4.98 Å². The Labute approximate surface area is 132 Å². The first-order valence-corrected chi connectivity index (χ1v) is 8.52. The van der Waals surface area contributed by atoms with Crippen LogP contribution in [0.25, 0.3) is 10.9 Å². The number of nitrogens with zero attached hydrogens (tertiary/aromatic N) is 1. The van der Waals surface area contributed by atoms with E-state index in [1.807, 2.05) is 24.3 Å². The average molecular weight is 298 g/mol. The molecule has 3 rings (SSSR count). The lowest BCUT2D eigenvalue weighted by molar-refractivity contribution is 0.139. The van der Waals surface area contributed by atoms with Gasteiger partial charge in [0.2, 0.25) is 0 Å². The molecule has 1 aliphatic rings. The van der Waals surface area contributed by atoms with Crippen LogP contribution in [0.4, 0.5) is 0 Å². The first kappa shape index (κ1) is 15.4. The van der Waals surface area contributed by atoms with Gasteiger partial charge in [0, 0.05) is 11.6 Å². The van der Waals surface area contributed by atoms with Gasteiger partial charge in [0.1, 0.15) is 0 Å². The molecule has 2 heterocycles. The summed E-state index contributed by atoms with van der Waals surface area (Å²) in [4.78, 5) is 4.38. The zero-order chi connectivity index (χ0) is 15.4. The van der Waals surface area contributed by atoms with Crippen molar-refractivity contribution >= 4 is 10.9 Å². The molecular formula is C19H26N2O. The second-order valence-electron chi connectivity index (χ2n) is 6.43. The fourth-order valence-corrected chi connectivity index (χ4v) is 3.77. The Kier molecular flexibility index (Phi) is 5.06. The molecule has 0 aliphatic carbocycles. The molecule has 3 nitrogen and oxygen atoms in total. The van der Waals surface area contributed by atoms with Crippen LogP contribution in [0.5, 0.6) is 0 Å². The van der Waals surface area contributed by atoms with E-state index in [-0.39, 0.29) is 6.10 Å². The highest BCUT2D eigenvalue weighted by atomic mass is 16.3. The maximum atomic E-state index is 10.7. The molecule has 118 valence electrons. The summed E-state index contributed by atoms with van der Waals surface area (Å²) in [6.45, 7) is 4.53. The molecule has 0 radical (unpaired) electrons. The van der Waals surface area contributed by atoms with E-state index in [1.165, 1.54) is 12.8 Å². The van der Waals surface area contributed by atoms with Crippen LogP contribution in [0, 0.1) is 11.8 Å². The van der Waals surface area contributed by atoms with Crippen molar-refractivity contribution in [2.75, 3.05) is 13.1 Å². The van der Waals surface area contributed by atoms with Gasteiger partial charge in [-0.15, -0.1) is 0 Å². The molecular weight excluding hydrogens is 272 g/mol. The smallest absolute Gasteiger partial charge is 0.0797 e. The van der Waals surface area contributed by atoms with Gasteiger partial charge in [0.25, 0.3) is 0 Å². The Balaban J connectivity index is 1.69. The van der Waals surface area contributed by atoms with Crippen molar-refractivity contribution in [1.82, 2.24) is 10.3 Å². The van der Waals surface area contributed by atoms with Gasteiger partial charge in [-0.2, -0.15) is 0 Å². The van der Waals surface area contributed by atoms with E-state index in [9.17, 15) is 5.11 Å². The van der Waals surface area contributed by atoms with Gasteiger partial charge in [0.15, 0.2) is 0 Å². The van der Waals surface area contributed by atoms with Gasteiger partial charge >= 0.3 is 0 Å². The summed E-state index contributed by atoms with van der Waals surface area (Å²) in [6.07, 6.45) is 5.84. The molecule has 1 aliphatic heterocycles. The predicted octanol–water partition coefficient (Wildman–Crippen LogP) is 3.68. The first-order chi connectivity index (χ1) is 10.8. The highest BCUT2D eigenvalue weighted by Crippen LogP contribution is 2.31. The highest BCUT2D eigenvalue weighted by Gasteiger charge is 2.24. The van der Waals surface area contributed by atoms with Crippen molar-refractivity contribution in [3.8, 4) is 0 Å². The molecule has 0 saturated carbocycles. The van der Waals surface area contributed by atoms with Gasteiger partial charge in [-0.25, -0.2) is 0 Å². The van der Waals surface area contributed by atoms with E-state index in [4.69, 9.17) is 0 Å². The van der Waals surface area contributed by atoms with E-state index in [0.717, 1.165) is 54.2 Å². The summed E-state index contributed by atoms with van der Waals surface area (Å²) < 4.78 is 0. The lowest BCUT2D eigenvalue weighted by atomic mass is 9.80. The van der Waals surface area contributed by atoms with Crippen LogP contribution in [0.3, 0.4) is 0 Å². The average Bonchev–Trinajstić information content (AvgIpc) is 2.59. The topological polar surface area (TPSA) is 45.1 Å². The molecule has 2 N–H and O–H groups in total. The number of aromatic nitrogens is 1. The van der Waals surface area contributed by atoms with Crippen molar-refractivity contribution < 1.29 is 5.11 Å². The zero-order valence-electron chi connectivity index (χ0n) is 13.3. The van der Waals surface area contributed by atoms with Crippen molar-refractivity contribution in [1.29, 1.82) is 0 Å². The van der Waals surface area contributed by atoms with Crippen molar-refractivity contribution in [2.45, 2.75) is 38.7 Å². The first-order valence-electron chi connectivity index (χ1n) is 8.52. The minimum atomic E-state index is -0.389. The Morgan fingerprint density at radius 3 is 3.00 bits per heavy atom. The van der Waals surface area contributed by atoms with E-state index < -0.39 is 0 Å². The third-order valence-corrected chi connectivity index (χ3v) is 5.14. The Hall–Kier alpha value is -1.45. The predicted molar refractivity (Wildman–Crippen MR) is 90.7 cm³/mol. The van der Waals surface area contributed by atoms with Crippen molar-refractivity contribution in [2.24, 2.45) is 11.8 Å². The lowest BCUT2D eigenvalue weighted by Crippen LogP contribution is -2.36. The standard InChI is InChI=1S/C19H26N2O/c1-2-14-13-20-11-9-15(14)7-8-19(22)17-10-12-21-18-6-4-3-5-16(17)18/h3-6,10,12,14-15,19-20,22H,2,7-9,11,13H2,1H3. The molecule has 3 atom stereocenters. The minimum Gasteiger partial charge on any atom is -0.388 e. The quantitative estimate of drug-likeness (QED) is 0.885. The fraction of sp³-hybridized carbons (Fsp3) is 0.526. The number of pyridine rings is 1. The molecule has 1 aromatic carbocycles. The lowest BCUT2D eigenvalue weighted by Gasteiger charge is -2.32. The normalized spacial score (nSPS) is 23.5. The molecule has 1 aromatic heterocycles. The number of piperidine rings is 1. The van der Waals surface area contributed by atoms with Crippen LogP contribution in [-0.4, -0.2) is 23.2 Å². The van der Waals surface area contributed by atoms with Crippen LogP contribution < -0.4 is 5.32 Å². The minimum absolute atomic E-state index is 0.389. The number of nitrogens with one attached hydrogen (secondary N) is 1. The maximum Gasteiger partial charge on any atom is 0.0797 e. The molecule has 1 fully saturated rings. The molecule has 0 amide bonds. The monoisotopic (exact) mass is 298 g/mol. The third-order valence-electron chi connectivity index (χ3n) is 5.14. The number of aliphatic hydroxyl groups is 1. The Bertz CT molecular complexity index is 608. The van der Waals surface area contributed by atoms with Gasteiger partial charge < -0.3 is 10.4 Å². The Morgan fingerprint density at radius 1 is 1.27 bits per heavy atom. The number of hydrogen-bond acceptors (Lipinski definition) is 3. The largest absolute Gasteiger partial charge is 0.388 e. The third kappa shape index (κ3) is 3.31. The van der Waals surface area contributed by atoms with Crippen molar-refractivity contribution in [3.05, 3.63) is 42.1 Å². The fourth-order valence-electron chi connectivity index (χ4n) is 3.77. The number of para-hydroxylation sites is 1. The summed E-state index contributed by atoms with van der Waals surface area (Å²) in [7, 11) is 0. The van der Waals surface area contributed by atoms with E-state index >= 15 is 0 Å². The summed E-state index contributed by atoms with van der Waals surface area (Å²) in [5, 5.41) is 15.2. The number of rotatable bonds is 5. The van der Waals surface area contributed by atoms with Crippen LogP contribution in [0.2, 0.25) is 0 Å². The summed E-state index contributed by atoms with van der Waals surface area (Å²) >= 11 is 0. The zero-order valence-corrected chi connectivity index (χ0v) is 13.3. The molecule has 22 heavy (non-hydrogen) atoms. The van der Waals surface area contributed by atoms with E-state index in [1.54, 1.807) is 6.20 Å². The van der Waals surface area contributed by atoms with Crippen LogP contribution in [0.1, 0.15) is 44.3 Å².